The van der Waals surface area contributed by atoms with Gasteiger partial charge in [-0.3, -0.25) is 4.79 Å². The minimum Gasteiger partial charge on any atom is -0.531 e. The number of pyridine rings is 1. The first kappa shape index (κ1) is 16.7. The average Bonchev–Trinajstić information content (AvgIpc) is 3.10. The number of H-pyrrole nitrogens is 1. The Hall–Kier alpha value is -2.72. The van der Waals surface area contributed by atoms with Crippen LogP contribution in [0.1, 0.15) is 25.3 Å². The molecule has 1 unspecified atom stereocenters. The van der Waals surface area contributed by atoms with Crippen molar-refractivity contribution < 1.29 is 14.5 Å². The Kier molecular flexibility index (Phi) is 4.21. The van der Waals surface area contributed by atoms with Gasteiger partial charge in [-0.05, 0) is 30.0 Å². The molecule has 0 aliphatic carbocycles. The number of piperidine rings is 1. The third kappa shape index (κ3) is 2.76. The van der Waals surface area contributed by atoms with Gasteiger partial charge in [0.25, 0.3) is 0 Å². The molecule has 0 bridgehead atoms. The second kappa shape index (κ2) is 6.54. The van der Waals surface area contributed by atoms with Crippen LogP contribution in [0.4, 0.5) is 0 Å². The summed E-state index contributed by atoms with van der Waals surface area (Å²) in [4.78, 5) is 21.6. The molecule has 2 N–H and O–H groups in total. The Morgan fingerprint density at radius 2 is 2.46 bits per heavy atom. The van der Waals surface area contributed by atoms with Crippen molar-refractivity contribution in [3.05, 3.63) is 30.0 Å². The highest BCUT2D eigenvalue weighted by Crippen LogP contribution is 2.43. The fourth-order valence-corrected chi connectivity index (χ4v) is 3.99. The van der Waals surface area contributed by atoms with Gasteiger partial charge in [-0.1, -0.05) is 12.8 Å². The van der Waals surface area contributed by atoms with E-state index in [4.69, 9.17) is 11.1 Å². The fraction of sp³-hybridized carbons (Fsp3) is 0.368. The van der Waals surface area contributed by atoms with Crippen LogP contribution < -0.4 is 4.65 Å². The van der Waals surface area contributed by atoms with Crippen LogP contribution in [-0.2, 0) is 4.79 Å². The molecular formula is C19H20BN3O3. The van der Waals surface area contributed by atoms with E-state index in [1.807, 2.05) is 17.2 Å². The van der Waals surface area contributed by atoms with E-state index in [9.17, 15) is 9.82 Å². The average molecular weight is 349 g/mol. The summed E-state index contributed by atoms with van der Waals surface area (Å²) in [6, 6.07) is 1.96. The van der Waals surface area contributed by atoms with Crippen molar-refractivity contribution in [1.29, 1.82) is 0 Å². The number of amides is 1. The summed E-state index contributed by atoms with van der Waals surface area (Å²) in [7, 11) is -1.01. The Bertz CT molecular complexity index is 930. The number of rotatable bonds is 2. The molecule has 2 aromatic heterocycles. The molecular weight excluding hydrogens is 329 g/mol. The first-order chi connectivity index (χ1) is 12.6. The number of nitrogens with one attached hydrogen (secondary N) is 1. The predicted molar refractivity (Wildman–Crippen MR) is 100.0 cm³/mol. The third-order valence-corrected chi connectivity index (χ3v) is 5.37. The fourth-order valence-electron chi connectivity index (χ4n) is 3.99. The highest BCUT2D eigenvalue weighted by molar-refractivity contribution is 6.52. The summed E-state index contributed by atoms with van der Waals surface area (Å²) in [5.74, 6) is 5.22. The predicted octanol–water partition coefficient (Wildman–Crippen LogP) is 1.87. The number of aromatic amines is 1. The number of likely N-dealkylation sites (tertiary alicyclic amines) is 1. The SMILES string of the molecule is C#CCC(=O)N1CC[C@@H](C)C(C2=CB(O)Oc3cnc4[nH]ccc4c32)C1. The van der Waals surface area contributed by atoms with Gasteiger partial charge in [0, 0.05) is 36.2 Å². The molecule has 7 heteroatoms. The molecule has 26 heavy (non-hydrogen) atoms. The summed E-state index contributed by atoms with van der Waals surface area (Å²) in [5, 5.41) is 11.1. The zero-order chi connectivity index (χ0) is 18.3. The van der Waals surface area contributed by atoms with Crippen molar-refractivity contribution in [3.63, 3.8) is 0 Å². The van der Waals surface area contributed by atoms with Crippen LogP contribution in [0, 0.1) is 24.2 Å². The first-order valence-electron chi connectivity index (χ1n) is 8.82. The summed E-state index contributed by atoms with van der Waals surface area (Å²) in [6.45, 7) is 3.49. The molecule has 2 aliphatic rings. The van der Waals surface area contributed by atoms with Crippen LogP contribution in [0.2, 0.25) is 0 Å². The van der Waals surface area contributed by atoms with Gasteiger partial charge in [0.1, 0.15) is 11.4 Å². The van der Waals surface area contributed by atoms with Crippen molar-refractivity contribution in [2.45, 2.75) is 19.8 Å². The van der Waals surface area contributed by atoms with Crippen LogP contribution in [-0.4, -0.2) is 46.0 Å². The molecule has 2 aliphatic heterocycles. The number of fused-ring (bicyclic) bond motifs is 3. The maximum atomic E-state index is 12.3. The van der Waals surface area contributed by atoms with E-state index in [1.54, 1.807) is 12.2 Å². The van der Waals surface area contributed by atoms with Gasteiger partial charge in [-0.25, -0.2) is 4.98 Å². The van der Waals surface area contributed by atoms with E-state index < -0.39 is 7.12 Å². The molecule has 2 aromatic rings. The monoisotopic (exact) mass is 349 g/mol. The van der Waals surface area contributed by atoms with E-state index >= 15 is 0 Å². The number of nitrogens with zero attached hydrogens (tertiary/aromatic N) is 2. The molecule has 132 valence electrons. The maximum Gasteiger partial charge on any atom is 0.552 e. The normalized spacial score (nSPS) is 22.4. The molecule has 1 saturated heterocycles. The van der Waals surface area contributed by atoms with E-state index in [0.29, 0.717) is 24.8 Å². The third-order valence-electron chi connectivity index (χ3n) is 5.37. The summed E-state index contributed by atoms with van der Waals surface area (Å²) in [5.41, 5.74) is 2.74. The quantitative estimate of drug-likeness (QED) is 0.641. The second-order valence-corrected chi connectivity index (χ2v) is 6.96. The van der Waals surface area contributed by atoms with Crippen LogP contribution in [0.3, 0.4) is 0 Å². The topological polar surface area (TPSA) is 78.5 Å². The molecule has 1 fully saturated rings. The minimum absolute atomic E-state index is 0.0145. The van der Waals surface area contributed by atoms with Gasteiger partial charge in [-0.2, -0.15) is 0 Å². The van der Waals surface area contributed by atoms with Gasteiger partial charge >= 0.3 is 7.12 Å². The lowest BCUT2D eigenvalue weighted by molar-refractivity contribution is -0.132. The van der Waals surface area contributed by atoms with E-state index in [1.165, 1.54) is 0 Å². The van der Waals surface area contributed by atoms with Gasteiger partial charge in [0.05, 0.1) is 12.6 Å². The number of hydrogen-bond donors (Lipinski definition) is 2. The van der Waals surface area contributed by atoms with Crippen molar-refractivity contribution in [3.8, 4) is 18.1 Å². The first-order valence-corrected chi connectivity index (χ1v) is 8.82. The maximum absolute atomic E-state index is 12.3. The van der Waals surface area contributed by atoms with Gasteiger partial charge in [0.15, 0.2) is 0 Å². The molecule has 4 rings (SSSR count). The zero-order valence-electron chi connectivity index (χ0n) is 14.6. The van der Waals surface area contributed by atoms with E-state index in [-0.39, 0.29) is 18.2 Å². The largest absolute Gasteiger partial charge is 0.552 e. The Balaban J connectivity index is 1.75. The number of aromatic nitrogens is 2. The molecule has 4 heterocycles. The molecule has 0 saturated carbocycles. The second-order valence-electron chi connectivity index (χ2n) is 6.96. The lowest BCUT2D eigenvalue weighted by Gasteiger charge is -2.39. The number of terminal acetylenes is 1. The highest BCUT2D eigenvalue weighted by atomic mass is 16.5. The van der Waals surface area contributed by atoms with E-state index in [2.05, 4.69) is 22.8 Å². The molecule has 0 aromatic carbocycles. The van der Waals surface area contributed by atoms with Crippen molar-refractivity contribution in [1.82, 2.24) is 14.9 Å². The van der Waals surface area contributed by atoms with Crippen molar-refractivity contribution in [2.75, 3.05) is 13.1 Å². The molecule has 1 amide bonds. The van der Waals surface area contributed by atoms with Gasteiger partial charge in [0.2, 0.25) is 5.91 Å². The number of hydrogen-bond acceptors (Lipinski definition) is 4. The Morgan fingerprint density at radius 3 is 3.27 bits per heavy atom. The van der Waals surface area contributed by atoms with Crippen LogP contribution >= 0.6 is 0 Å². The van der Waals surface area contributed by atoms with E-state index in [0.717, 1.165) is 28.6 Å². The Morgan fingerprint density at radius 1 is 1.62 bits per heavy atom. The zero-order valence-corrected chi connectivity index (χ0v) is 14.6. The van der Waals surface area contributed by atoms with Gasteiger partial charge < -0.3 is 19.6 Å². The van der Waals surface area contributed by atoms with Crippen molar-refractivity contribution >= 4 is 29.6 Å². The van der Waals surface area contributed by atoms with Crippen LogP contribution in [0.25, 0.3) is 16.6 Å². The smallest absolute Gasteiger partial charge is 0.531 e. The van der Waals surface area contributed by atoms with Crippen molar-refractivity contribution in [2.24, 2.45) is 11.8 Å². The highest BCUT2D eigenvalue weighted by Gasteiger charge is 2.36. The van der Waals surface area contributed by atoms with Crippen LogP contribution in [0.5, 0.6) is 5.75 Å². The molecule has 2 atom stereocenters. The summed E-state index contributed by atoms with van der Waals surface area (Å²) in [6.07, 6.45) is 9.80. The minimum atomic E-state index is -1.01. The standard InChI is InChI=1S/C19H20BN3O3/c1-3-4-17(24)23-8-6-12(2)15(11-23)14-9-20(25)26-16-10-22-19-13(18(14)16)5-7-21-19/h1,5,7,9-10,12,15,25H,4,6,8,11H2,2H3,(H,21,22)/t12-,15?/m1/s1. The Labute approximate surface area is 152 Å². The molecule has 0 spiro atoms. The van der Waals surface area contributed by atoms with Gasteiger partial charge in [-0.15, -0.1) is 6.42 Å². The summed E-state index contributed by atoms with van der Waals surface area (Å²) >= 11 is 0. The number of carbonyl (C=O) groups excluding carboxylic acids is 1. The summed E-state index contributed by atoms with van der Waals surface area (Å²) < 4.78 is 5.57. The number of carbonyl (C=O) groups is 1. The lowest BCUT2D eigenvalue weighted by Crippen LogP contribution is -2.44. The molecule has 0 radical (unpaired) electrons. The van der Waals surface area contributed by atoms with Crippen LogP contribution in [0.15, 0.2) is 24.4 Å². The lowest BCUT2D eigenvalue weighted by atomic mass is 9.72. The molecule has 6 nitrogen and oxygen atoms in total.